The van der Waals surface area contributed by atoms with E-state index in [0.29, 0.717) is 24.7 Å². The predicted molar refractivity (Wildman–Crippen MR) is 113 cm³/mol. The zero-order valence-corrected chi connectivity index (χ0v) is 17.0. The molecule has 28 heavy (non-hydrogen) atoms. The maximum atomic E-state index is 12.1. The molecule has 1 unspecified atom stereocenters. The lowest BCUT2D eigenvalue weighted by atomic mass is 10.0. The van der Waals surface area contributed by atoms with Gasteiger partial charge in [-0.05, 0) is 60.6 Å². The first kappa shape index (κ1) is 22.0. The van der Waals surface area contributed by atoms with Gasteiger partial charge in [-0.2, -0.15) is 0 Å². The SMILES string of the molecule is CCC(C)COC(=O)c1ccc(-c2ccc(OCCCCCCO)cc2)cc1. The van der Waals surface area contributed by atoms with Crippen molar-refractivity contribution in [2.45, 2.75) is 46.0 Å². The van der Waals surface area contributed by atoms with Crippen LogP contribution in [0.5, 0.6) is 5.75 Å². The van der Waals surface area contributed by atoms with Crippen LogP contribution in [0.4, 0.5) is 0 Å². The molecule has 0 fully saturated rings. The summed E-state index contributed by atoms with van der Waals surface area (Å²) in [5, 5.41) is 8.76. The van der Waals surface area contributed by atoms with E-state index in [1.165, 1.54) is 0 Å². The number of hydrogen-bond donors (Lipinski definition) is 1. The number of esters is 1. The highest BCUT2D eigenvalue weighted by Crippen LogP contribution is 2.23. The fourth-order valence-corrected chi connectivity index (χ4v) is 2.72. The van der Waals surface area contributed by atoms with Crippen LogP contribution in [0.15, 0.2) is 48.5 Å². The molecule has 0 saturated heterocycles. The Morgan fingerprint density at radius 1 is 0.929 bits per heavy atom. The van der Waals surface area contributed by atoms with Crippen molar-refractivity contribution in [2.75, 3.05) is 19.8 Å². The first-order valence-corrected chi connectivity index (χ1v) is 10.2. The molecule has 0 saturated carbocycles. The van der Waals surface area contributed by atoms with E-state index in [0.717, 1.165) is 49.0 Å². The Labute approximate surface area is 168 Å². The van der Waals surface area contributed by atoms with Gasteiger partial charge in [-0.3, -0.25) is 0 Å². The maximum Gasteiger partial charge on any atom is 0.338 e. The van der Waals surface area contributed by atoms with Crippen molar-refractivity contribution in [1.82, 2.24) is 0 Å². The van der Waals surface area contributed by atoms with Gasteiger partial charge in [0.2, 0.25) is 0 Å². The predicted octanol–water partition coefficient (Wildman–Crippen LogP) is 5.49. The molecule has 2 aromatic rings. The summed E-state index contributed by atoms with van der Waals surface area (Å²) in [7, 11) is 0. The van der Waals surface area contributed by atoms with Gasteiger partial charge in [-0.15, -0.1) is 0 Å². The molecule has 0 aliphatic heterocycles. The summed E-state index contributed by atoms with van der Waals surface area (Å²) in [6.45, 7) is 5.57. The second-order valence-electron chi connectivity index (χ2n) is 7.20. The van der Waals surface area contributed by atoms with Crippen molar-refractivity contribution in [3.8, 4) is 16.9 Å². The molecule has 4 heteroatoms. The average Bonchev–Trinajstić information content (AvgIpc) is 2.74. The Hall–Kier alpha value is -2.33. The Balaban J connectivity index is 1.83. The van der Waals surface area contributed by atoms with Gasteiger partial charge in [-0.25, -0.2) is 4.79 Å². The van der Waals surface area contributed by atoms with Crippen molar-refractivity contribution >= 4 is 5.97 Å². The maximum absolute atomic E-state index is 12.1. The lowest BCUT2D eigenvalue weighted by Crippen LogP contribution is -2.11. The van der Waals surface area contributed by atoms with Crippen LogP contribution in [0.3, 0.4) is 0 Å². The molecule has 152 valence electrons. The van der Waals surface area contributed by atoms with E-state index in [1.807, 2.05) is 48.5 Å². The molecule has 0 heterocycles. The average molecular weight is 385 g/mol. The van der Waals surface area contributed by atoms with Crippen LogP contribution in [0.1, 0.15) is 56.3 Å². The molecular weight excluding hydrogens is 352 g/mol. The minimum atomic E-state index is -0.269. The summed E-state index contributed by atoms with van der Waals surface area (Å²) in [4.78, 5) is 12.1. The quantitative estimate of drug-likeness (QED) is 0.388. The summed E-state index contributed by atoms with van der Waals surface area (Å²) >= 11 is 0. The second-order valence-corrected chi connectivity index (χ2v) is 7.20. The Kier molecular flexibility index (Phi) is 9.56. The van der Waals surface area contributed by atoms with Gasteiger partial charge < -0.3 is 14.6 Å². The summed E-state index contributed by atoms with van der Waals surface area (Å²) in [6, 6.07) is 15.5. The number of hydrogen-bond acceptors (Lipinski definition) is 4. The fourth-order valence-electron chi connectivity index (χ4n) is 2.72. The highest BCUT2D eigenvalue weighted by atomic mass is 16.5. The van der Waals surface area contributed by atoms with Gasteiger partial charge >= 0.3 is 5.97 Å². The van der Waals surface area contributed by atoms with E-state index in [4.69, 9.17) is 14.6 Å². The van der Waals surface area contributed by atoms with E-state index >= 15 is 0 Å². The molecule has 0 radical (unpaired) electrons. The summed E-state index contributed by atoms with van der Waals surface area (Å²) in [6.07, 6.45) is 4.97. The van der Waals surface area contributed by atoms with Crippen molar-refractivity contribution < 1.29 is 19.4 Å². The van der Waals surface area contributed by atoms with E-state index < -0.39 is 0 Å². The standard InChI is InChI=1S/C24H32O4/c1-3-19(2)18-28-24(26)22-10-8-20(9-11-22)21-12-14-23(15-13-21)27-17-7-5-4-6-16-25/h8-15,19,25H,3-7,16-18H2,1-2H3. The van der Waals surface area contributed by atoms with Gasteiger partial charge in [-0.1, -0.05) is 51.0 Å². The number of rotatable bonds is 12. The van der Waals surface area contributed by atoms with Gasteiger partial charge in [0.05, 0.1) is 18.8 Å². The highest BCUT2D eigenvalue weighted by molar-refractivity contribution is 5.90. The van der Waals surface area contributed by atoms with Crippen molar-refractivity contribution in [3.63, 3.8) is 0 Å². The Bertz CT molecular complexity index is 692. The molecular formula is C24H32O4. The van der Waals surface area contributed by atoms with Crippen LogP contribution < -0.4 is 4.74 Å². The summed E-state index contributed by atoms with van der Waals surface area (Å²) in [5.41, 5.74) is 2.71. The van der Waals surface area contributed by atoms with E-state index in [9.17, 15) is 4.79 Å². The van der Waals surface area contributed by atoms with Gasteiger partial charge in [0.25, 0.3) is 0 Å². The molecule has 4 nitrogen and oxygen atoms in total. The van der Waals surface area contributed by atoms with Gasteiger partial charge in [0.1, 0.15) is 5.75 Å². The van der Waals surface area contributed by atoms with Crippen molar-refractivity contribution in [3.05, 3.63) is 54.1 Å². The van der Waals surface area contributed by atoms with Crippen molar-refractivity contribution in [1.29, 1.82) is 0 Å². The highest BCUT2D eigenvalue weighted by Gasteiger charge is 2.09. The smallest absolute Gasteiger partial charge is 0.338 e. The topological polar surface area (TPSA) is 55.8 Å². The first-order chi connectivity index (χ1) is 13.6. The normalized spacial score (nSPS) is 11.8. The molecule has 0 aliphatic carbocycles. The summed E-state index contributed by atoms with van der Waals surface area (Å²) in [5.74, 6) is 0.968. The molecule has 2 aromatic carbocycles. The second kappa shape index (κ2) is 12.2. The zero-order chi connectivity index (χ0) is 20.2. The first-order valence-electron chi connectivity index (χ1n) is 10.2. The van der Waals surface area contributed by atoms with E-state index in [-0.39, 0.29) is 12.6 Å². The number of unbranched alkanes of at least 4 members (excludes halogenated alkanes) is 3. The molecule has 0 aromatic heterocycles. The minimum absolute atomic E-state index is 0.266. The van der Waals surface area contributed by atoms with Crippen LogP contribution in [-0.4, -0.2) is 30.9 Å². The van der Waals surface area contributed by atoms with E-state index in [1.54, 1.807) is 0 Å². The Morgan fingerprint density at radius 3 is 2.14 bits per heavy atom. The van der Waals surface area contributed by atoms with Crippen LogP contribution in [0, 0.1) is 5.92 Å². The molecule has 0 aliphatic rings. The van der Waals surface area contributed by atoms with Crippen LogP contribution in [-0.2, 0) is 4.74 Å². The van der Waals surface area contributed by atoms with Crippen LogP contribution >= 0.6 is 0 Å². The third-order valence-electron chi connectivity index (χ3n) is 4.83. The molecule has 0 amide bonds. The minimum Gasteiger partial charge on any atom is -0.494 e. The zero-order valence-electron chi connectivity index (χ0n) is 17.0. The fraction of sp³-hybridized carbons (Fsp3) is 0.458. The number of carbonyl (C=O) groups is 1. The third-order valence-corrected chi connectivity index (χ3v) is 4.83. The molecule has 2 rings (SSSR count). The Morgan fingerprint density at radius 2 is 1.54 bits per heavy atom. The molecule has 1 atom stereocenters. The number of aliphatic hydroxyl groups excluding tert-OH is 1. The number of aliphatic hydroxyl groups is 1. The van der Waals surface area contributed by atoms with Crippen molar-refractivity contribution in [2.24, 2.45) is 5.92 Å². The van der Waals surface area contributed by atoms with Crippen LogP contribution in [0.2, 0.25) is 0 Å². The molecule has 0 spiro atoms. The molecule has 0 bridgehead atoms. The summed E-state index contributed by atoms with van der Waals surface area (Å²) < 4.78 is 11.1. The van der Waals surface area contributed by atoms with Gasteiger partial charge in [0, 0.05) is 6.61 Å². The van der Waals surface area contributed by atoms with E-state index in [2.05, 4.69) is 13.8 Å². The largest absolute Gasteiger partial charge is 0.494 e. The monoisotopic (exact) mass is 384 g/mol. The number of carbonyl (C=O) groups excluding carboxylic acids is 1. The number of benzene rings is 2. The third kappa shape index (κ3) is 7.35. The lowest BCUT2D eigenvalue weighted by Gasteiger charge is -2.10. The number of ether oxygens (including phenoxy) is 2. The van der Waals surface area contributed by atoms with Gasteiger partial charge in [0.15, 0.2) is 0 Å². The molecule has 1 N–H and O–H groups in total. The lowest BCUT2D eigenvalue weighted by molar-refractivity contribution is 0.0447. The van der Waals surface area contributed by atoms with Crippen LogP contribution in [0.25, 0.3) is 11.1 Å².